The summed E-state index contributed by atoms with van der Waals surface area (Å²) in [6.07, 6.45) is 4.94. The summed E-state index contributed by atoms with van der Waals surface area (Å²) in [5.74, 6) is 0. The molecule has 0 bridgehead atoms. The van der Waals surface area contributed by atoms with Gasteiger partial charge in [-0.05, 0) is 31.0 Å². The Morgan fingerprint density at radius 1 is 1.22 bits per heavy atom. The maximum Gasteiger partial charge on any atom is 0.262 e. The second-order valence-electron chi connectivity index (χ2n) is 5.67. The summed E-state index contributed by atoms with van der Waals surface area (Å²) >= 11 is 7.55. The van der Waals surface area contributed by atoms with Crippen molar-refractivity contribution in [2.75, 3.05) is 0 Å². The Labute approximate surface area is 144 Å². The lowest BCUT2D eigenvalue weighted by Gasteiger charge is -2.06. The van der Waals surface area contributed by atoms with E-state index in [4.69, 9.17) is 11.6 Å². The molecule has 23 heavy (non-hydrogen) atoms. The van der Waals surface area contributed by atoms with E-state index in [2.05, 4.69) is 11.9 Å². The molecule has 0 saturated carbocycles. The highest BCUT2D eigenvalue weighted by Crippen LogP contribution is 2.35. The summed E-state index contributed by atoms with van der Waals surface area (Å²) in [5, 5.41) is 1.43. The van der Waals surface area contributed by atoms with E-state index in [9.17, 15) is 4.79 Å². The van der Waals surface area contributed by atoms with Gasteiger partial charge >= 0.3 is 0 Å². The number of hydrogen-bond donors (Lipinski definition) is 0. The van der Waals surface area contributed by atoms with E-state index in [1.54, 1.807) is 22.2 Å². The highest BCUT2D eigenvalue weighted by atomic mass is 35.5. The number of benzene rings is 1. The second-order valence-corrected chi connectivity index (χ2v) is 7.31. The van der Waals surface area contributed by atoms with Crippen molar-refractivity contribution in [3.8, 4) is 11.1 Å². The molecule has 3 nitrogen and oxygen atoms in total. The van der Waals surface area contributed by atoms with Gasteiger partial charge in [0.2, 0.25) is 0 Å². The molecule has 3 aromatic rings. The molecule has 0 aliphatic heterocycles. The van der Waals surface area contributed by atoms with E-state index in [1.807, 2.05) is 31.2 Å². The first-order chi connectivity index (χ1) is 11.1. The number of rotatable bonds is 5. The first-order valence-electron chi connectivity index (χ1n) is 7.86. The lowest BCUT2D eigenvalue weighted by atomic mass is 10.0. The minimum atomic E-state index is 0.0559. The summed E-state index contributed by atoms with van der Waals surface area (Å²) in [6.45, 7) is 4.92. The van der Waals surface area contributed by atoms with Gasteiger partial charge in [0.25, 0.3) is 5.56 Å². The molecule has 0 fully saturated rings. The average Bonchev–Trinajstić information content (AvgIpc) is 2.88. The molecule has 0 spiro atoms. The van der Waals surface area contributed by atoms with Crippen LogP contribution in [0.5, 0.6) is 0 Å². The van der Waals surface area contributed by atoms with Gasteiger partial charge in [-0.3, -0.25) is 9.36 Å². The highest BCUT2D eigenvalue weighted by molar-refractivity contribution is 7.19. The van der Waals surface area contributed by atoms with Crippen LogP contribution in [0.15, 0.2) is 35.4 Å². The van der Waals surface area contributed by atoms with Crippen molar-refractivity contribution in [1.29, 1.82) is 0 Å². The Balaban J connectivity index is 2.14. The SMILES string of the molecule is CCCCCn1cnc2sc(C)c(-c3ccc(Cl)cc3)c2c1=O. The third kappa shape index (κ3) is 3.19. The van der Waals surface area contributed by atoms with Crippen molar-refractivity contribution in [2.45, 2.75) is 39.7 Å². The first kappa shape index (κ1) is 16.2. The van der Waals surface area contributed by atoms with Gasteiger partial charge in [-0.2, -0.15) is 0 Å². The van der Waals surface area contributed by atoms with Crippen LogP contribution in [0.4, 0.5) is 0 Å². The Morgan fingerprint density at radius 3 is 2.65 bits per heavy atom. The Bertz CT molecular complexity index is 880. The largest absolute Gasteiger partial charge is 0.299 e. The van der Waals surface area contributed by atoms with Crippen LogP contribution in [0.1, 0.15) is 31.1 Å². The van der Waals surface area contributed by atoms with Crippen molar-refractivity contribution in [2.24, 2.45) is 0 Å². The van der Waals surface area contributed by atoms with Crippen molar-refractivity contribution in [3.63, 3.8) is 0 Å². The van der Waals surface area contributed by atoms with Crippen LogP contribution >= 0.6 is 22.9 Å². The molecule has 0 aliphatic carbocycles. The van der Waals surface area contributed by atoms with E-state index in [-0.39, 0.29) is 5.56 Å². The number of halogens is 1. The maximum atomic E-state index is 12.9. The van der Waals surface area contributed by atoms with Crippen molar-refractivity contribution in [3.05, 3.63) is 50.8 Å². The highest BCUT2D eigenvalue weighted by Gasteiger charge is 2.16. The molecule has 5 heteroatoms. The van der Waals surface area contributed by atoms with Crippen molar-refractivity contribution < 1.29 is 0 Å². The van der Waals surface area contributed by atoms with Gasteiger partial charge in [-0.1, -0.05) is 43.5 Å². The molecule has 0 N–H and O–H groups in total. The predicted molar refractivity (Wildman–Crippen MR) is 98.6 cm³/mol. The van der Waals surface area contributed by atoms with Crippen LogP contribution in [0.3, 0.4) is 0 Å². The van der Waals surface area contributed by atoms with Gasteiger partial charge in [-0.25, -0.2) is 4.98 Å². The summed E-state index contributed by atoms with van der Waals surface area (Å²) in [5.41, 5.74) is 2.06. The number of unbranched alkanes of at least 4 members (excludes halogenated alkanes) is 2. The second kappa shape index (κ2) is 6.85. The van der Waals surface area contributed by atoms with Crippen molar-refractivity contribution in [1.82, 2.24) is 9.55 Å². The molecule has 0 radical (unpaired) electrons. The van der Waals surface area contributed by atoms with Gasteiger partial charge in [0.05, 0.1) is 11.7 Å². The van der Waals surface area contributed by atoms with E-state index < -0.39 is 0 Å². The fourth-order valence-corrected chi connectivity index (χ4v) is 3.92. The summed E-state index contributed by atoms with van der Waals surface area (Å²) in [4.78, 5) is 19.3. The summed E-state index contributed by atoms with van der Waals surface area (Å²) in [7, 11) is 0. The van der Waals surface area contributed by atoms with Crippen LogP contribution in [0, 0.1) is 6.92 Å². The number of aromatic nitrogens is 2. The Morgan fingerprint density at radius 2 is 1.96 bits per heavy atom. The van der Waals surface area contributed by atoms with Crippen molar-refractivity contribution >= 4 is 33.2 Å². The molecule has 120 valence electrons. The van der Waals surface area contributed by atoms with Gasteiger partial charge in [0.1, 0.15) is 4.83 Å². The average molecular weight is 347 g/mol. The number of aryl methyl sites for hydroxylation is 2. The smallest absolute Gasteiger partial charge is 0.262 e. The van der Waals surface area contributed by atoms with E-state index >= 15 is 0 Å². The number of thiophene rings is 1. The first-order valence-corrected chi connectivity index (χ1v) is 9.05. The third-order valence-corrected chi connectivity index (χ3v) is 5.26. The minimum Gasteiger partial charge on any atom is -0.299 e. The van der Waals surface area contributed by atoms with Gasteiger partial charge in [0.15, 0.2) is 0 Å². The molecular formula is C18H19ClN2OS. The minimum absolute atomic E-state index is 0.0559. The van der Waals surface area contributed by atoms with Crippen LogP contribution < -0.4 is 5.56 Å². The van der Waals surface area contributed by atoms with Crippen LogP contribution in [-0.2, 0) is 6.54 Å². The maximum absolute atomic E-state index is 12.9. The normalized spacial score (nSPS) is 11.3. The molecule has 1 aromatic carbocycles. The van der Waals surface area contributed by atoms with E-state index in [0.717, 1.165) is 52.0 Å². The lowest BCUT2D eigenvalue weighted by Crippen LogP contribution is -2.20. The monoisotopic (exact) mass is 346 g/mol. The lowest BCUT2D eigenvalue weighted by molar-refractivity contribution is 0.584. The number of nitrogens with zero attached hydrogens (tertiary/aromatic N) is 2. The van der Waals surface area contributed by atoms with Gasteiger partial charge in [0, 0.05) is 22.0 Å². The molecule has 2 heterocycles. The van der Waals surface area contributed by atoms with Crippen LogP contribution in [0.2, 0.25) is 5.02 Å². The zero-order valence-corrected chi connectivity index (χ0v) is 14.9. The zero-order valence-electron chi connectivity index (χ0n) is 13.3. The molecule has 3 rings (SSSR count). The van der Waals surface area contributed by atoms with Gasteiger partial charge < -0.3 is 0 Å². The quantitative estimate of drug-likeness (QED) is 0.589. The topological polar surface area (TPSA) is 34.9 Å². The number of hydrogen-bond acceptors (Lipinski definition) is 3. The predicted octanol–water partition coefficient (Wildman–Crippen LogP) is 5.28. The van der Waals surface area contributed by atoms with Crippen LogP contribution in [-0.4, -0.2) is 9.55 Å². The molecule has 2 aromatic heterocycles. The van der Waals surface area contributed by atoms with Gasteiger partial charge in [-0.15, -0.1) is 11.3 Å². The molecule has 0 unspecified atom stereocenters. The standard InChI is InChI=1S/C18H19ClN2OS/c1-3-4-5-10-21-11-20-17-16(18(21)22)15(12(2)23-17)13-6-8-14(19)9-7-13/h6-9,11H,3-5,10H2,1-2H3. The molecular weight excluding hydrogens is 328 g/mol. The van der Waals surface area contributed by atoms with E-state index in [0.29, 0.717) is 5.02 Å². The zero-order chi connectivity index (χ0) is 16.4. The molecule has 0 aliphatic rings. The van der Waals surface area contributed by atoms with E-state index in [1.165, 1.54) is 0 Å². The number of fused-ring (bicyclic) bond motifs is 1. The third-order valence-electron chi connectivity index (χ3n) is 3.99. The molecule has 0 atom stereocenters. The molecule has 0 amide bonds. The fraction of sp³-hybridized carbons (Fsp3) is 0.333. The summed E-state index contributed by atoms with van der Waals surface area (Å²) < 4.78 is 1.74. The Kier molecular flexibility index (Phi) is 4.83. The molecule has 0 saturated heterocycles. The van der Waals surface area contributed by atoms with Crippen LogP contribution in [0.25, 0.3) is 21.3 Å². The Hall–Kier alpha value is -1.65. The summed E-state index contributed by atoms with van der Waals surface area (Å²) in [6, 6.07) is 7.64. The fourth-order valence-electron chi connectivity index (χ4n) is 2.79.